The van der Waals surface area contributed by atoms with E-state index in [4.69, 9.17) is 28.6 Å². The normalized spacial score (nSPS) is 16.1. The number of thiocarbonyl (C=S) groups is 1. The molecule has 0 saturated carbocycles. The number of nitrogens with zero attached hydrogens (tertiary/aromatic N) is 1. The fraction of sp³-hybridized carbons (Fsp3) is 0.500. The minimum absolute atomic E-state index is 0.120. The van der Waals surface area contributed by atoms with E-state index < -0.39 is 12.0 Å². The average Bonchev–Trinajstić information content (AvgIpc) is 2.68. The number of benzene rings is 1. The fourth-order valence-corrected chi connectivity index (χ4v) is 3.40. The lowest BCUT2D eigenvalue weighted by Gasteiger charge is -2.36. The van der Waals surface area contributed by atoms with Crippen molar-refractivity contribution in [3.8, 4) is 0 Å². The number of esters is 1. The van der Waals surface area contributed by atoms with Gasteiger partial charge >= 0.3 is 5.97 Å². The number of unbranched alkanes of at least 4 members (excludes halogenated alkanes) is 2. The molecule has 1 aromatic rings. The number of ether oxygens (including phenoxy) is 1. The quantitative estimate of drug-likeness (QED) is 0.367. The number of hydrogen-bond donors (Lipinski definition) is 2. The summed E-state index contributed by atoms with van der Waals surface area (Å²) >= 11 is 11.2. The van der Waals surface area contributed by atoms with Crippen molar-refractivity contribution < 1.29 is 19.1 Å². The zero-order valence-electron chi connectivity index (χ0n) is 16.4. The van der Waals surface area contributed by atoms with E-state index in [9.17, 15) is 14.4 Å². The first-order valence-corrected chi connectivity index (χ1v) is 10.5. The minimum atomic E-state index is -0.800. The lowest BCUT2D eigenvalue weighted by Crippen LogP contribution is -2.60. The second-order valence-electron chi connectivity index (χ2n) is 6.79. The summed E-state index contributed by atoms with van der Waals surface area (Å²) in [5.41, 5.74) is 0.790. The molecule has 1 aliphatic heterocycles. The summed E-state index contributed by atoms with van der Waals surface area (Å²) in [7, 11) is 0. The molecule has 0 spiro atoms. The van der Waals surface area contributed by atoms with Gasteiger partial charge in [-0.15, -0.1) is 0 Å². The van der Waals surface area contributed by atoms with Gasteiger partial charge in [-0.1, -0.05) is 43.5 Å². The van der Waals surface area contributed by atoms with E-state index in [0.29, 0.717) is 24.7 Å². The molecule has 9 heteroatoms. The van der Waals surface area contributed by atoms with E-state index in [-0.39, 0.29) is 29.8 Å². The molecule has 0 aliphatic carbocycles. The summed E-state index contributed by atoms with van der Waals surface area (Å²) in [5.74, 6) is -1.07. The predicted octanol–water partition coefficient (Wildman–Crippen LogP) is 2.21. The molecule has 158 valence electrons. The van der Waals surface area contributed by atoms with Gasteiger partial charge in [0.05, 0.1) is 19.4 Å². The van der Waals surface area contributed by atoms with Crippen LogP contribution in [-0.2, 0) is 25.5 Å². The third-order valence-corrected chi connectivity index (χ3v) is 5.08. The number of piperazine rings is 1. The summed E-state index contributed by atoms with van der Waals surface area (Å²) in [6.07, 6.45) is 2.81. The smallest absolute Gasteiger partial charge is 0.308 e. The van der Waals surface area contributed by atoms with Crippen molar-refractivity contribution in [2.24, 2.45) is 0 Å². The molecule has 7 nitrogen and oxygen atoms in total. The first kappa shape index (κ1) is 23.1. The van der Waals surface area contributed by atoms with Gasteiger partial charge in [-0.05, 0) is 36.3 Å². The van der Waals surface area contributed by atoms with Crippen LogP contribution in [0, 0.1) is 0 Å². The van der Waals surface area contributed by atoms with Gasteiger partial charge in [0.25, 0.3) is 0 Å². The molecule has 1 saturated heterocycles. The zero-order chi connectivity index (χ0) is 21.2. The van der Waals surface area contributed by atoms with Gasteiger partial charge in [0, 0.05) is 18.1 Å². The number of nitrogens with one attached hydrogen (secondary N) is 2. The van der Waals surface area contributed by atoms with Gasteiger partial charge in [-0.3, -0.25) is 14.4 Å². The monoisotopic (exact) mass is 439 g/mol. The van der Waals surface area contributed by atoms with Crippen molar-refractivity contribution in [1.82, 2.24) is 15.5 Å². The first-order valence-electron chi connectivity index (χ1n) is 9.69. The maximum atomic E-state index is 12.3. The van der Waals surface area contributed by atoms with Crippen molar-refractivity contribution in [3.63, 3.8) is 0 Å². The number of hydrogen-bond acceptors (Lipinski definition) is 5. The highest BCUT2D eigenvalue weighted by atomic mass is 35.5. The molecule has 1 aromatic carbocycles. The van der Waals surface area contributed by atoms with Crippen LogP contribution in [0.1, 0.15) is 38.2 Å². The molecule has 1 aliphatic rings. The Labute approximate surface area is 181 Å². The van der Waals surface area contributed by atoms with Crippen molar-refractivity contribution in [1.29, 1.82) is 0 Å². The molecular weight excluding hydrogens is 414 g/mol. The molecule has 2 rings (SSSR count). The second-order valence-corrected chi connectivity index (χ2v) is 7.61. The molecule has 2 amide bonds. The maximum Gasteiger partial charge on any atom is 0.308 e. The molecule has 29 heavy (non-hydrogen) atoms. The number of carbonyl (C=O) groups is 3. The Kier molecular flexibility index (Phi) is 9.34. The SMILES string of the molecule is CCCCCOC(=O)CC1C(=O)NCCN1C(=S)NC(=O)Cc1ccc(Cl)cc1. The minimum Gasteiger partial charge on any atom is -0.466 e. The van der Waals surface area contributed by atoms with Crippen molar-refractivity contribution in [2.45, 2.75) is 45.1 Å². The fourth-order valence-electron chi connectivity index (χ4n) is 2.94. The molecule has 0 bridgehead atoms. The molecule has 1 unspecified atom stereocenters. The van der Waals surface area contributed by atoms with Crippen molar-refractivity contribution in [3.05, 3.63) is 34.9 Å². The molecule has 1 atom stereocenters. The lowest BCUT2D eigenvalue weighted by molar-refractivity contribution is -0.147. The Bertz CT molecular complexity index is 742. The van der Waals surface area contributed by atoms with Crippen molar-refractivity contribution in [2.75, 3.05) is 19.7 Å². The number of carbonyl (C=O) groups excluding carboxylic acids is 3. The Hall–Kier alpha value is -2.19. The Balaban J connectivity index is 1.91. The zero-order valence-corrected chi connectivity index (χ0v) is 18.0. The Morgan fingerprint density at radius 1 is 1.31 bits per heavy atom. The molecule has 0 radical (unpaired) electrons. The standard InChI is InChI=1S/C20H26ClN3O4S/c1-2-3-4-11-28-18(26)13-16-19(27)22-9-10-24(16)20(29)23-17(25)12-14-5-7-15(21)8-6-14/h5-8,16H,2-4,9-13H2,1H3,(H,22,27)(H,23,25,29). The second kappa shape index (κ2) is 11.7. The molecular formula is C20H26ClN3O4S. The predicted molar refractivity (Wildman–Crippen MR) is 115 cm³/mol. The van der Waals surface area contributed by atoms with E-state index >= 15 is 0 Å². The van der Waals surface area contributed by atoms with E-state index in [2.05, 4.69) is 17.6 Å². The van der Waals surface area contributed by atoms with Gasteiger partial charge in [0.1, 0.15) is 6.04 Å². The highest BCUT2D eigenvalue weighted by Crippen LogP contribution is 2.12. The third kappa shape index (κ3) is 7.62. The van der Waals surface area contributed by atoms with Crippen LogP contribution >= 0.6 is 23.8 Å². The van der Waals surface area contributed by atoms with Crippen LogP contribution in [0.2, 0.25) is 5.02 Å². The summed E-state index contributed by atoms with van der Waals surface area (Å²) in [4.78, 5) is 38.3. The average molecular weight is 440 g/mol. The largest absolute Gasteiger partial charge is 0.466 e. The van der Waals surface area contributed by atoms with Crippen LogP contribution in [0.5, 0.6) is 0 Å². The first-order chi connectivity index (χ1) is 13.9. The maximum absolute atomic E-state index is 12.3. The van der Waals surface area contributed by atoms with Crippen LogP contribution < -0.4 is 10.6 Å². The lowest BCUT2D eigenvalue weighted by atomic mass is 10.1. The third-order valence-electron chi connectivity index (χ3n) is 4.49. The topological polar surface area (TPSA) is 87.7 Å². The number of amides is 2. The van der Waals surface area contributed by atoms with E-state index in [1.165, 1.54) is 0 Å². The molecule has 2 N–H and O–H groups in total. The highest BCUT2D eigenvalue weighted by Gasteiger charge is 2.34. The van der Waals surface area contributed by atoms with Gasteiger partial charge in [0.15, 0.2) is 5.11 Å². The van der Waals surface area contributed by atoms with Crippen LogP contribution in [0.3, 0.4) is 0 Å². The Morgan fingerprint density at radius 2 is 2.03 bits per heavy atom. The highest BCUT2D eigenvalue weighted by molar-refractivity contribution is 7.80. The van der Waals surface area contributed by atoms with Gasteiger partial charge in [0.2, 0.25) is 11.8 Å². The molecule has 1 heterocycles. The summed E-state index contributed by atoms with van der Waals surface area (Å²) in [6.45, 7) is 3.19. The number of halogens is 1. The Morgan fingerprint density at radius 3 is 2.72 bits per heavy atom. The van der Waals surface area contributed by atoms with Gasteiger partial charge in [-0.25, -0.2) is 0 Å². The summed E-state index contributed by atoms with van der Waals surface area (Å²) < 4.78 is 5.21. The van der Waals surface area contributed by atoms with Gasteiger partial charge in [-0.2, -0.15) is 0 Å². The van der Waals surface area contributed by atoms with Gasteiger partial charge < -0.3 is 20.3 Å². The van der Waals surface area contributed by atoms with Crippen LogP contribution in [-0.4, -0.2) is 53.5 Å². The summed E-state index contributed by atoms with van der Waals surface area (Å²) in [5, 5.41) is 6.09. The van der Waals surface area contributed by atoms with E-state index in [1.807, 2.05) is 0 Å². The van der Waals surface area contributed by atoms with Crippen molar-refractivity contribution >= 4 is 46.7 Å². The van der Waals surface area contributed by atoms with E-state index in [1.54, 1.807) is 29.2 Å². The number of rotatable bonds is 8. The van der Waals surface area contributed by atoms with Crippen LogP contribution in [0.25, 0.3) is 0 Å². The molecule has 0 aromatic heterocycles. The summed E-state index contributed by atoms with van der Waals surface area (Å²) in [6, 6.07) is 6.14. The molecule has 1 fully saturated rings. The van der Waals surface area contributed by atoms with Crippen LogP contribution in [0.4, 0.5) is 0 Å². The van der Waals surface area contributed by atoms with Crippen LogP contribution in [0.15, 0.2) is 24.3 Å². The van der Waals surface area contributed by atoms with E-state index in [0.717, 1.165) is 24.8 Å².